The number of carbonyl (C=O) groups excluding carboxylic acids is 4. The zero-order valence-corrected chi connectivity index (χ0v) is 74.3. The van der Waals surface area contributed by atoms with Crippen molar-refractivity contribution in [1.29, 1.82) is 0 Å². The largest absolute Gasteiger partial charge is 1.00 e. The van der Waals surface area contributed by atoms with E-state index in [1.165, 1.54) is 84.9 Å². The number of carbonyl (C=O) groups is 4. The van der Waals surface area contributed by atoms with Gasteiger partial charge in [-0.2, -0.15) is 29.9 Å². The minimum absolute atomic E-state index is 0. The van der Waals surface area contributed by atoms with E-state index in [0.717, 1.165) is 60.7 Å². The van der Waals surface area contributed by atoms with Crippen LogP contribution in [0.1, 0.15) is 63.7 Å². The van der Waals surface area contributed by atoms with Crippen molar-refractivity contribution in [3.8, 4) is 0 Å². The first-order valence-electron chi connectivity index (χ1n) is 27.6. The quantitative estimate of drug-likeness (QED) is 0.0225. The summed E-state index contributed by atoms with van der Waals surface area (Å²) in [5.74, 6) is -4.51. The van der Waals surface area contributed by atoms with Gasteiger partial charge in [0.05, 0.1) is 85.8 Å². The van der Waals surface area contributed by atoms with E-state index in [1.54, 1.807) is 0 Å². The number of nitrogen functional groups attached to an aromatic ring is 2. The number of nitrogens with zero attached hydrogens (tertiary/aromatic N) is 6. The molecule has 0 fully saturated rings. The van der Waals surface area contributed by atoms with E-state index in [-0.39, 0.29) is 246 Å². The van der Waals surface area contributed by atoms with E-state index < -0.39 is 180 Å². The molecule has 2 aliphatic rings. The second-order valence-electron chi connectivity index (χ2n) is 21.0. The maximum atomic E-state index is 13.6. The van der Waals surface area contributed by atoms with Crippen LogP contribution in [-0.2, 0) is 60.7 Å². The van der Waals surface area contributed by atoms with Gasteiger partial charge in [0.25, 0.3) is 0 Å². The molecule has 0 spiro atoms. The van der Waals surface area contributed by atoms with Gasteiger partial charge in [-0.3, -0.25) is 19.2 Å². The van der Waals surface area contributed by atoms with Crippen LogP contribution in [0.25, 0.3) is 0 Å². The van der Waals surface area contributed by atoms with Crippen molar-refractivity contribution in [3.63, 3.8) is 0 Å². The van der Waals surface area contributed by atoms with E-state index in [4.69, 9.17) is 34.7 Å². The Hall–Kier alpha value is -5.10. The fourth-order valence-corrected chi connectivity index (χ4v) is 14.1. The van der Waals surface area contributed by atoms with Gasteiger partial charge in [-0.05, 0) is 114 Å². The third-order valence-corrected chi connectivity index (χ3v) is 20.0. The molecule has 10 aromatic rings. The summed E-state index contributed by atoms with van der Waals surface area (Å²) in [5, 5.41) is 14.7. The average Bonchev–Trinajstić information content (AvgIpc) is 0.734. The van der Waals surface area contributed by atoms with Crippen molar-refractivity contribution in [2.24, 2.45) is 0 Å². The van der Waals surface area contributed by atoms with Crippen LogP contribution >= 0.6 is 23.2 Å². The summed E-state index contributed by atoms with van der Waals surface area (Å²) in [6.45, 7) is 0. The first kappa shape index (κ1) is 93.5. The monoisotopic (exact) mass is 1680 g/mol. The van der Waals surface area contributed by atoms with E-state index in [9.17, 15) is 97.0 Å². The molecule has 8 aromatic carbocycles. The SMILES string of the molecule is Nc1c(S(=O)(=O)[O-])cc(Nc2ccc(Nc3nc(Cl)nc(Nc4ccc(S(=O)(=O)[O-])cc4)n3)c(S(=O)(=O)[O-])c2)c2c1C(=O)c1ccccc1C2=O.Nc1c(S(=O)(=O)[O-])cc(Nc2ccc(Nc3nc(Cl)nc(Nc4cccc(S(=O)(=O)[O-])c4)n3)c(S(=O)(=O)[O-])c2)c2c1C(=O)c1ccccc1C2=O.[Na+].[Na+].[Na+].[Na+].[Na+].[Na+]. The molecule has 50 heteroatoms. The molecule has 108 heavy (non-hydrogen) atoms. The van der Waals surface area contributed by atoms with Gasteiger partial charge in [0.2, 0.25) is 34.4 Å². The summed E-state index contributed by atoms with van der Waals surface area (Å²) < 4.78 is 215. The van der Waals surface area contributed by atoms with Gasteiger partial charge in [0.1, 0.15) is 60.7 Å². The number of fused-ring (bicyclic) bond motifs is 4. The average molecular weight is 1680 g/mol. The Balaban J connectivity index is 0.000000367. The number of halogens is 2. The van der Waals surface area contributed by atoms with Crippen LogP contribution in [0.15, 0.2) is 175 Å². The van der Waals surface area contributed by atoms with Crippen LogP contribution in [0.2, 0.25) is 10.6 Å². The summed E-state index contributed by atoms with van der Waals surface area (Å²) in [4.78, 5) is 72.5. The standard InChI is InChI=1S/2C29H20ClN7O11S3.6Na/c30-27-35-28(33-13-4-3-5-15(10-13)49(40,41)42)37-29(36-27)34-18-9-8-14(11-20(18)50(43,44)45)32-19-12-21(51(46,47)48)24(31)23-22(19)25(38)16-6-1-2-7-17(16)26(23)39;30-27-35-28(33-13-5-8-15(9-6-13)49(40,41)42)37-29(36-27)34-18-10-7-14(11-20(18)50(43,44)45)32-19-12-21(51(46,47)48)24(31)23-22(19)25(38)16-3-1-2-4-17(16)26(23)39;;;;;;/h2*1-12,32H,31H2,(H,40,41,42)(H,43,44,45)(H,46,47,48)(H2,33,34,35,36,37);;;;;;/q;;6*+1/p-6. The van der Waals surface area contributed by atoms with Crippen LogP contribution < -0.4 is 221 Å². The predicted octanol–water partition coefficient (Wildman–Crippen LogP) is -12.3. The van der Waals surface area contributed by atoms with Crippen LogP contribution in [0.3, 0.4) is 0 Å². The molecule has 0 bridgehead atoms. The third kappa shape index (κ3) is 21.0. The molecule has 10 N–H and O–H groups in total. The van der Waals surface area contributed by atoms with Crippen molar-refractivity contribution in [2.45, 2.75) is 29.4 Å². The first-order chi connectivity index (χ1) is 47.6. The van der Waals surface area contributed by atoms with Crippen LogP contribution in [-0.4, -0.2) is 131 Å². The van der Waals surface area contributed by atoms with Crippen molar-refractivity contribution >= 4 is 188 Å². The Kier molecular flexibility index (Phi) is 31.5. The number of hydrogen-bond acceptors (Lipinski definition) is 36. The maximum Gasteiger partial charge on any atom is 1.00 e. The number of anilines is 14. The second-order valence-corrected chi connectivity index (χ2v) is 29.9. The molecule has 36 nitrogen and oxygen atoms in total. The van der Waals surface area contributed by atoms with Crippen LogP contribution in [0.4, 0.5) is 80.7 Å². The molecule has 12 rings (SSSR count). The predicted molar refractivity (Wildman–Crippen MR) is 351 cm³/mol. The Labute approximate surface area is 754 Å². The number of ketones is 4. The number of rotatable bonds is 18. The fraction of sp³-hybridized carbons (Fsp3) is 0. The molecule has 0 saturated carbocycles. The van der Waals surface area contributed by atoms with Gasteiger partial charge < -0.3 is 70.7 Å². The molecule has 2 aromatic heterocycles. The summed E-state index contributed by atoms with van der Waals surface area (Å²) in [5.41, 5.74) is 6.42. The number of benzene rings is 8. The maximum absolute atomic E-state index is 13.6. The van der Waals surface area contributed by atoms with E-state index in [1.807, 2.05) is 0 Å². The van der Waals surface area contributed by atoms with E-state index >= 15 is 0 Å². The second kappa shape index (κ2) is 36.4. The third-order valence-electron chi connectivity index (χ3n) is 14.5. The normalized spacial score (nSPS) is 12.2. The summed E-state index contributed by atoms with van der Waals surface area (Å²) >= 11 is 12.0. The van der Waals surface area contributed by atoms with Gasteiger partial charge in [-0.25, -0.2) is 50.5 Å². The topological polar surface area (TPSA) is 613 Å². The Morgan fingerprint density at radius 1 is 0.287 bits per heavy atom. The number of nitrogens with two attached hydrogens (primary N) is 2. The molecule has 2 heterocycles. The zero-order chi connectivity index (χ0) is 74.1. The molecule has 524 valence electrons. The van der Waals surface area contributed by atoms with Crippen molar-refractivity contribution < 1.29 is 274 Å². The van der Waals surface area contributed by atoms with Gasteiger partial charge in [-0.1, -0.05) is 54.6 Å². The van der Waals surface area contributed by atoms with Gasteiger partial charge in [-0.15, -0.1) is 0 Å². The van der Waals surface area contributed by atoms with Crippen molar-refractivity contribution in [3.05, 3.63) is 201 Å². The smallest absolute Gasteiger partial charge is 0.744 e. The van der Waals surface area contributed by atoms with Crippen molar-refractivity contribution in [1.82, 2.24) is 29.9 Å². The molecule has 0 amide bonds. The van der Waals surface area contributed by atoms with Crippen LogP contribution in [0, 0.1) is 0 Å². The molecule has 0 atom stereocenters. The molecular formula is C58H34Cl2N14Na6O22S6. The Morgan fingerprint density at radius 2 is 0.593 bits per heavy atom. The molecule has 0 unspecified atom stereocenters. The number of hydrogen-bond donors (Lipinski definition) is 8. The summed E-state index contributed by atoms with van der Waals surface area (Å²) in [6.07, 6.45) is 0. The zero-order valence-electron chi connectivity index (χ0n) is 55.9. The Bertz CT molecular complexity index is 6100. The van der Waals surface area contributed by atoms with Gasteiger partial charge >= 0.3 is 177 Å². The number of aromatic nitrogens is 6. The molecule has 0 saturated heterocycles. The Morgan fingerprint density at radius 3 is 0.926 bits per heavy atom. The van der Waals surface area contributed by atoms with Crippen LogP contribution in [0.5, 0.6) is 0 Å². The van der Waals surface area contributed by atoms with Gasteiger partial charge in [0, 0.05) is 45.0 Å². The molecule has 0 aliphatic heterocycles. The van der Waals surface area contributed by atoms with Gasteiger partial charge in [0.15, 0.2) is 23.1 Å². The van der Waals surface area contributed by atoms with Crippen molar-refractivity contribution in [2.75, 3.05) is 43.4 Å². The molecule has 0 radical (unpaired) electrons. The van der Waals surface area contributed by atoms with E-state index in [0.29, 0.717) is 0 Å². The fourth-order valence-electron chi connectivity index (χ4n) is 10.2. The minimum atomic E-state index is -5.32. The summed E-state index contributed by atoms with van der Waals surface area (Å²) in [6, 6.07) is 28.1. The molecule has 2 aliphatic carbocycles. The number of nitrogens with one attached hydrogen (secondary N) is 6. The summed E-state index contributed by atoms with van der Waals surface area (Å²) in [7, 11) is -30.8. The minimum Gasteiger partial charge on any atom is -0.744 e. The first-order valence-corrected chi connectivity index (χ1v) is 36.8. The molecular weight excluding hydrogens is 1650 g/mol. The van der Waals surface area contributed by atoms with E-state index in [2.05, 4.69) is 61.8 Å².